The van der Waals surface area contributed by atoms with Crippen molar-refractivity contribution < 1.29 is 9.53 Å². The van der Waals surface area contributed by atoms with E-state index in [2.05, 4.69) is 16.1 Å². The molecule has 1 saturated carbocycles. The van der Waals surface area contributed by atoms with E-state index in [1.54, 1.807) is 0 Å². The summed E-state index contributed by atoms with van der Waals surface area (Å²) in [6.45, 7) is 9.26. The summed E-state index contributed by atoms with van der Waals surface area (Å²) in [5, 5.41) is 2.78. The Labute approximate surface area is 109 Å². The van der Waals surface area contributed by atoms with E-state index >= 15 is 0 Å². The van der Waals surface area contributed by atoms with Crippen LogP contribution in [0.3, 0.4) is 0 Å². The molecule has 4 heteroatoms. The maximum absolute atomic E-state index is 11.4. The first-order valence-corrected chi connectivity index (χ1v) is 6.56. The highest BCUT2D eigenvalue weighted by Crippen LogP contribution is 2.50. The van der Waals surface area contributed by atoms with Gasteiger partial charge in [-0.2, -0.15) is 0 Å². The number of fused-ring (bicyclic) bond motifs is 1. The standard InChI is InChI=1S/C14H22N2O2/c1-5-10-11-8-16(9-12(10)11)7-6-15-13(17)18-14(2,3)4/h1,10-12H,6-9H2,2-4H3,(H,15,17). The number of nitrogens with one attached hydrogen (secondary N) is 1. The maximum Gasteiger partial charge on any atom is 0.407 e. The molecular formula is C14H22N2O2. The first-order chi connectivity index (χ1) is 8.40. The first kappa shape index (κ1) is 13.2. The van der Waals surface area contributed by atoms with Gasteiger partial charge in [-0.25, -0.2) is 4.79 Å². The summed E-state index contributed by atoms with van der Waals surface area (Å²) in [5.74, 6) is 4.77. The highest BCUT2D eigenvalue weighted by atomic mass is 16.6. The van der Waals surface area contributed by atoms with Crippen LogP contribution in [0.5, 0.6) is 0 Å². The molecule has 1 aliphatic heterocycles. The van der Waals surface area contributed by atoms with Crippen LogP contribution < -0.4 is 5.32 Å². The number of carbonyl (C=O) groups excluding carboxylic acids is 1. The molecule has 0 aromatic carbocycles. The van der Waals surface area contributed by atoms with Crippen LogP contribution in [0.2, 0.25) is 0 Å². The highest BCUT2D eigenvalue weighted by molar-refractivity contribution is 5.67. The molecule has 100 valence electrons. The zero-order valence-electron chi connectivity index (χ0n) is 11.4. The molecule has 0 radical (unpaired) electrons. The number of alkyl carbamates (subject to hydrolysis) is 1. The monoisotopic (exact) mass is 250 g/mol. The Morgan fingerprint density at radius 3 is 2.56 bits per heavy atom. The van der Waals surface area contributed by atoms with Gasteiger partial charge in [-0.1, -0.05) is 0 Å². The minimum atomic E-state index is -0.431. The number of nitrogens with zero attached hydrogens (tertiary/aromatic N) is 1. The molecule has 18 heavy (non-hydrogen) atoms. The quantitative estimate of drug-likeness (QED) is 0.768. The molecule has 0 aromatic heterocycles. The normalized spacial score (nSPS) is 30.4. The van der Waals surface area contributed by atoms with Crippen LogP contribution in [0.15, 0.2) is 0 Å². The van der Waals surface area contributed by atoms with Crippen LogP contribution in [0.25, 0.3) is 0 Å². The van der Waals surface area contributed by atoms with Gasteiger partial charge in [0.25, 0.3) is 0 Å². The van der Waals surface area contributed by atoms with Crippen molar-refractivity contribution in [2.45, 2.75) is 26.4 Å². The van der Waals surface area contributed by atoms with Crippen LogP contribution in [0, 0.1) is 30.1 Å². The van der Waals surface area contributed by atoms with E-state index in [4.69, 9.17) is 11.2 Å². The largest absolute Gasteiger partial charge is 0.444 e. The second-order valence-corrected chi connectivity index (χ2v) is 6.21. The van der Waals surface area contributed by atoms with E-state index in [1.165, 1.54) is 0 Å². The molecule has 1 saturated heterocycles. The molecule has 2 aliphatic rings. The molecule has 2 unspecified atom stereocenters. The number of hydrogen-bond acceptors (Lipinski definition) is 3. The van der Waals surface area contributed by atoms with Crippen molar-refractivity contribution in [1.29, 1.82) is 0 Å². The fourth-order valence-corrected chi connectivity index (χ4v) is 2.67. The highest BCUT2D eigenvalue weighted by Gasteiger charge is 2.54. The Morgan fingerprint density at radius 1 is 1.44 bits per heavy atom. The van der Waals surface area contributed by atoms with E-state index in [-0.39, 0.29) is 6.09 Å². The van der Waals surface area contributed by atoms with E-state index in [1.807, 2.05) is 20.8 Å². The summed E-state index contributed by atoms with van der Waals surface area (Å²) in [7, 11) is 0. The van der Waals surface area contributed by atoms with Crippen LogP contribution in [-0.4, -0.2) is 42.8 Å². The molecule has 2 atom stereocenters. The molecule has 0 aromatic rings. The first-order valence-electron chi connectivity index (χ1n) is 6.56. The molecule has 2 rings (SSSR count). The Bertz CT molecular complexity index is 355. The number of hydrogen-bond donors (Lipinski definition) is 1. The number of rotatable bonds is 3. The van der Waals surface area contributed by atoms with Crippen molar-refractivity contribution in [3.63, 3.8) is 0 Å². The van der Waals surface area contributed by atoms with E-state index in [9.17, 15) is 4.79 Å². The summed E-state index contributed by atoms with van der Waals surface area (Å²) in [5.41, 5.74) is -0.431. The SMILES string of the molecule is C#CC1C2CN(CCNC(=O)OC(C)(C)C)CC12. The van der Waals surface area contributed by atoms with Gasteiger partial charge in [0.1, 0.15) is 5.60 Å². The Kier molecular flexibility index (Phi) is 3.54. The number of amides is 1. The van der Waals surface area contributed by atoms with E-state index in [0.717, 1.165) is 19.6 Å². The van der Waals surface area contributed by atoms with E-state index < -0.39 is 5.60 Å². The fourth-order valence-electron chi connectivity index (χ4n) is 2.67. The smallest absolute Gasteiger partial charge is 0.407 e. The summed E-state index contributed by atoms with van der Waals surface area (Å²) in [6, 6.07) is 0. The lowest BCUT2D eigenvalue weighted by atomic mass is 10.2. The van der Waals surface area contributed by atoms with Gasteiger partial charge in [0, 0.05) is 32.1 Å². The Morgan fingerprint density at radius 2 is 2.06 bits per heavy atom. The fraction of sp³-hybridized carbons (Fsp3) is 0.786. The molecule has 1 amide bonds. The third-order valence-corrected chi connectivity index (χ3v) is 3.56. The predicted molar refractivity (Wildman–Crippen MR) is 70.0 cm³/mol. The maximum atomic E-state index is 11.4. The van der Waals surface area contributed by atoms with Crippen LogP contribution in [0.1, 0.15) is 20.8 Å². The average molecular weight is 250 g/mol. The minimum absolute atomic E-state index is 0.339. The molecule has 2 fully saturated rings. The van der Waals surface area contributed by atoms with Gasteiger partial charge >= 0.3 is 6.09 Å². The van der Waals surface area contributed by atoms with Crippen molar-refractivity contribution in [3.05, 3.63) is 0 Å². The van der Waals surface area contributed by atoms with Gasteiger partial charge in [0.2, 0.25) is 0 Å². The van der Waals surface area contributed by atoms with Gasteiger partial charge in [-0.3, -0.25) is 0 Å². The van der Waals surface area contributed by atoms with Gasteiger partial charge < -0.3 is 15.0 Å². The summed E-state index contributed by atoms with van der Waals surface area (Å²) < 4.78 is 5.17. The Balaban J connectivity index is 1.58. The molecule has 0 bridgehead atoms. The summed E-state index contributed by atoms with van der Waals surface area (Å²) in [4.78, 5) is 13.8. The van der Waals surface area contributed by atoms with Crippen molar-refractivity contribution in [3.8, 4) is 12.3 Å². The van der Waals surface area contributed by atoms with Crippen LogP contribution in [-0.2, 0) is 4.74 Å². The van der Waals surface area contributed by atoms with Crippen molar-refractivity contribution >= 4 is 6.09 Å². The van der Waals surface area contributed by atoms with Crippen molar-refractivity contribution in [2.75, 3.05) is 26.2 Å². The third kappa shape index (κ3) is 3.17. The van der Waals surface area contributed by atoms with Gasteiger partial charge in [-0.15, -0.1) is 12.3 Å². The molecule has 0 spiro atoms. The second-order valence-electron chi connectivity index (χ2n) is 6.21. The van der Waals surface area contributed by atoms with Gasteiger partial charge in [-0.05, 0) is 32.6 Å². The summed E-state index contributed by atoms with van der Waals surface area (Å²) >= 11 is 0. The number of terminal acetylenes is 1. The molecule has 4 nitrogen and oxygen atoms in total. The lowest BCUT2D eigenvalue weighted by Gasteiger charge is -2.21. The Hall–Kier alpha value is -1.21. The van der Waals surface area contributed by atoms with Crippen LogP contribution >= 0.6 is 0 Å². The molecule has 1 aliphatic carbocycles. The number of carbonyl (C=O) groups is 1. The van der Waals surface area contributed by atoms with Gasteiger partial charge in [0.05, 0.1) is 0 Å². The summed E-state index contributed by atoms with van der Waals surface area (Å²) in [6.07, 6.45) is 5.09. The molecular weight excluding hydrogens is 228 g/mol. The number of likely N-dealkylation sites (tertiary alicyclic amines) is 1. The third-order valence-electron chi connectivity index (χ3n) is 3.56. The topological polar surface area (TPSA) is 41.6 Å². The van der Waals surface area contributed by atoms with Crippen LogP contribution in [0.4, 0.5) is 4.79 Å². The minimum Gasteiger partial charge on any atom is -0.444 e. The predicted octanol–water partition coefficient (Wildman–Crippen LogP) is 1.32. The van der Waals surface area contributed by atoms with E-state index in [0.29, 0.717) is 24.3 Å². The number of piperidine rings is 1. The zero-order chi connectivity index (χ0) is 13.3. The number of ether oxygens (including phenoxy) is 1. The van der Waals surface area contributed by atoms with Gasteiger partial charge in [0.15, 0.2) is 0 Å². The van der Waals surface area contributed by atoms with Crippen molar-refractivity contribution in [1.82, 2.24) is 10.2 Å². The average Bonchev–Trinajstić information content (AvgIpc) is 2.70. The lowest BCUT2D eigenvalue weighted by molar-refractivity contribution is 0.0523. The lowest BCUT2D eigenvalue weighted by Crippen LogP contribution is -2.38. The zero-order valence-corrected chi connectivity index (χ0v) is 11.4. The molecule has 1 N–H and O–H groups in total. The van der Waals surface area contributed by atoms with Crippen molar-refractivity contribution in [2.24, 2.45) is 17.8 Å². The molecule has 1 heterocycles. The second kappa shape index (κ2) is 4.81.